The van der Waals surface area contributed by atoms with Crippen LogP contribution in [0.25, 0.3) is 0 Å². The van der Waals surface area contributed by atoms with Crippen LogP contribution in [-0.2, 0) is 0 Å². The van der Waals surface area contributed by atoms with Crippen LogP contribution >= 0.6 is 0 Å². The van der Waals surface area contributed by atoms with Gasteiger partial charge in [-0.05, 0) is 51.2 Å². The Bertz CT molecular complexity index is 667. The van der Waals surface area contributed by atoms with Gasteiger partial charge in [0.15, 0.2) is 0 Å². The molecule has 1 aromatic heterocycles. The molecule has 0 spiro atoms. The normalized spacial score (nSPS) is 10.7. The van der Waals surface area contributed by atoms with Crippen LogP contribution in [0.4, 0.5) is 11.5 Å². The molecule has 0 aliphatic heterocycles. The van der Waals surface area contributed by atoms with E-state index in [0.717, 1.165) is 12.2 Å². The van der Waals surface area contributed by atoms with Gasteiger partial charge in [-0.3, -0.25) is 4.79 Å². The molecule has 1 amide bonds. The van der Waals surface area contributed by atoms with E-state index < -0.39 is 0 Å². The molecule has 1 aromatic carbocycles. The predicted octanol–water partition coefficient (Wildman–Crippen LogP) is 2.13. The number of hydrogen-bond acceptors (Lipinski definition) is 5. The van der Waals surface area contributed by atoms with Crippen molar-refractivity contribution < 1.29 is 4.79 Å². The zero-order valence-corrected chi connectivity index (χ0v) is 14.1. The quantitative estimate of drug-likeness (QED) is 0.855. The van der Waals surface area contributed by atoms with Crippen LogP contribution in [0.2, 0.25) is 0 Å². The molecule has 6 heteroatoms. The highest BCUT2D eigenvalue weighted by atomic mass is 16.1. The van der Waals surface area contributed by atoms with Gasteiger partial charge < -0.3 is 15.5 Å². The average molecular weight is 313 g/mol. The highest BCUT2D eigenvalue weighted by molar-refractivity contribution is 5.92. The third kappa shape index (κ3) is 5.03. The predicted molar refractivity (Wildman–Crippen MR) is 92.1 cm³/mol. The van der Waals surface area contributed by atoms with Crippen LogP contribution in [-0.4, -0.2) is 48.0 Å². The van der Waals surface area contributed by atoms with E-state index in [1.807, 2.05) is 25.1 Å². The molecule has 0 fully saturated rings. The summed E-state index contributed by atoms with van der Waals surface area (Å²) in [5, 5.41) is 5.99. The monoisotopic (exact) mass is 313 g/mol. The summed E-state index contributed by atoms with van der Waals surface area (Å²) in [5.74, 6) is 0.398. The van der Waals surface area contributed by atoms with Crippen LogP contribution < -0.4 is 10.6 Å². The Labute approximate surface area is 137 Å². The van der Waals surface area contributed by atoms with Gasteiger partial charge in [-0.2, -0.15) is 0 Å². The highest BCUT2D eigenvalue weighted by Crippen LogP contribution is 2.17. The largest absolute Gasteiger partial charge is 0.349 e. The topological polar surface area (TPSA) is 70.2 Å². The van der Waals surface area contributed by atoms with Gasteiger partial charge in [0.25, 0.3) is 5.91 Å². The average Bonchev–Trinajstić information content (AvgIpc) is 2.51. The van der Waals surface area contributed by atoms with Crippen LogP contribution in [0.1, 0.15) is 21.6 Å². The maximum absolute atomic E-state index is 11.9. The molecule has 2 aromatic rings. The molecule has 0 bridgehead atoms. The summed E-state index contributed by atoms with van der Waals surface area (Å²) in [6.07, 6.45) is 3.05. The van der Waals surface area contributed by atoms with Gasteiger partial charge >= 0.3 is 0 Å². The Kier molecular flexibility index (Phi) is 5.65. The lowest BCUT2D eigenvalue weighted by Crippen LogP contribution is -2.31. The first kappa shape index (κ1) is 16.9. The molecule has 0 saturated carbocycles. The van der Waals surface area contributed by atoms with Gasteiger partial charge in [0.1, 0.15) is 11.5 Å². The zero-order chi connectivity index (χ0) is 16.8. The van der Waals surface area contributed by atoms with Crippen molar-refractivity contribution in [2.75, 3.05) is 32.5 Å². The molecule has 0 unspecified atom stereocenters. The van der Waals surface area contributed by atoms with Gasteiger partial charge in [0.05, 0.1) is 12.4 Å². The van der Waals surface area contributed by atoms with Gasteiger partial charge in [0, 0.05) is 18.8 Å². The molecular formula is C17H23N5O. The fourth-order valence-electron chi connectivity index (χ4n) is 1.96. The SMILES string of the molecule is Cc1ccc(Nc2cnc(C(=O)NCCN(C)C)cn2)cc1C. The lowest BCUT2D eigenvalue weighted by molar-refractivity contribution is 0.0945. The first-order chi connectivity index (χ1) is 11.0. The Balaban J connectivity index is 1.96. The van der Waals surface area contributed by atoms with Crippen molar-refractivity contribution in [3.8, 4) is 0 Å². The fourth-order valence-corrected chi connectivity index (χ4v) is 1.96. The number of amides is 1. The zero-order valence-electron chi connectivity index (χ0n) is 14.1. The van der Waals surface area contributed by atoms with Gasteiger partial charge in [-0.1, -0.05) is 6.07 Å². The van der Waals surface area contributed by atoms with E-state index >= 15 is 0 Å². The molecule has 0 radical (unpaired) electrons. The van der Waals surface area contributed by atoms with E-state index in [9.17, 15) is 4.79 Å². The smallest absolute Gasteiger partial charge is 0.271 e. The van der Waals surface area contributed by atoms with E-state index in [2.05, 4.69) is 46.6 Å². The molecule has 2 N–H and O–H groups in total. The Morgan fingerprint density at radius 1 is 1.13 bits per heavy atom. The third-order valence-corrected chi connectivity index (χ3v) is 3.51. The number of aromatic nitrogens is 2. The number of hydrogen-bond donors (Lipinski definition) is 2. The lowest BCUT2D eigenvalue weighted by Gasteiger charge is -2.10. The number of anilines is 2. The first-order valence-electron chi connectivity index (χ1n) is 7.55. The molecule has 0 aliphatic rings. The summed E-state index contributed by atoms with van der Waals surface area (Å²) in [7, 11) is 3.92. The van der Waals surface area contributed by atoms with Crippen LogP contribution in [0.15, 0.2) is 30.6 Å². The minimum absolute atomic E-state index is 0.211. The number of benzene rings is 1. The van der Waals surface area contributed by atoms with Crippen molar-refractivity contribution >= 4 is 17.4 Å². The second-order valence-corrected chi connectivity index (χ2v) is 5.77. The summed E-state index contributed by atoms with van der Waals surface area (Å²) < 4.78 is 0. The second-order valence-electron chi connectivity index (χ2n) is 5.77. The van der Waals surface area contributed by atoms with Crippen molar-refractivity contribution in [3.63, 3.8) is 0 Å². The summed E-state index contributed by atoms with van der Waals surface area (Å²) in [6.45, 7) is 5.50. The molecule has 122 valence electrons. The Morgan fingerprint density at radius 2 is 1.91 bits per heavy atom. The molecule has 23 heavy (non-hydrogen) atoms. The Morgan fingerprint density at radius 3 is 2.52 bits per heavy atom. The van der Waals surface area contributed by atoms with Gasteiger partial charge in [-0.15, -0.1) is 0 Å². The molecule has 0 atom stereocenters. The van der Waals surface area contributed by atoms with E-state index in [1.54, 1.807) is 6.20 Å². The van der Waals surface area contributed by atoms with Crippen molar-refractivity contribution in [3.05, 3.63) is 47.4 Å². The molecular weight excluding hydrogens is 290 g/mol. The maximum Gasteiger partial charge on any atom is 0.271 e. The fraction of sp³-hybridized carbons (Fsp3) is 0.353. The molecule has 0 saturated heterocycles. The molecule has 0 aliphatic carbocycles. The minimum atomic E-state index is -0.211. The molecule has 1 heterocycles. The van der Waals surface area contributed by atoms with Crippen LogP contribution in [0.3, 0.4) is 0 Å². The lowest BCUT2D eigenvalue weighted by atomic mass is 10.1. The van der Waals surface area contributed by atoms with E-state index in [4.69, 9.17) is 0 Å². The number of nitrogens with one attached hydrogen (secondary N) is 2. The van der Waals surface area contributed by atoms with E-state index in [0.29, 0.717) is 18.1 Å². The summed E-state index contributed by atoms with van der Waals surface area (Å²) >= 11 is 0. The number of rotatable bonds is 6. The molecule has 6 nitrogen and oxygen atoms in total. The van der Waals surface area contributed by atoms with Crippen molar-refractivity contribution in [1.29, 1.82) is 0 Å². The van der Waals surface area contributed by atoms with Crippen molar-refractivity contribution in [1.82, 2.24) is 20.2 Å². The van der Waals surface area contributed by atoms with Crippen LogP contribution in [0.5, 0.6) is 0 Å². The third-order valence-electron chi connectivity index (χ3n) is 3.51. The standard InChI is InChI=1S/C17H23N5O/c1-12-5-6-14(9-13(12)2)21-16-11-19-15(10-20-16)17(23)18-7-8-22(3)4/h5-6,9-11H,7-8H2,1-4H3,(H,18,23)(H,20,21). The second kappa shape index (κ2) is 7.69. The number of aryl methyl sites for hydroxylation is 2. The number of carbonyl (C=O) groups is 1. The van der Waals surface area contributed by atoms with Crippen molar-refractivity contribution in [2.45, 2.75) is 13.8 Å². The summed E-state index contributed by atoms with van der Waals surface area (Å²) in [6, 6.07) is 6.10. The highest BCUT2D eigenvalue weighted by Gasteiger charge is 2.07. The summed E-state index contributed by atoms with van der Waals surface area (Å²) in [5.41, 5.74) is 3.71. The van der Waals surface area contributed by atoms with E-state index in [-0.39, 0.29) is 5.91 Å². The Hall–Kier alpha value is -2.47. The number of nitrogens with zero attached hydrogens (tertiary/aromatic N) is 3. The van der Waals surface area contributed by atoms with Gasteiger partial charge in [0.2, 0.25) is 0 Å². The number of likely N-dealkylation sites (N-methyl/N-ethyl adjacent to an activating group) is 1. The van der Waals surface area contributed by atoms with E-state index in [1.165, 1.54) is 17.3 Å². The minimum Gasteiger partial charge on any atom is -0.349 e. The maximum atomic E-state index is 11.9. The van der Waals surface area contributed by atoms with Crippen LogP contribution in [0, 0.1) is 13.8 Å². The number of carbonyl (C=O) groups excluding carboxylic acids is 1. The summed E-state index contributed by atoms with van der Waals surface area (Å²) in [4.78, 5) is 22.3. The van der Waals surface area contributed by atoms with Crippen molar-refractivity contribution in [2.24, 2.45) is 0 Å². The molecule has 2 rings (SSSR count). The first-order valence-corrected chi connectivity index (χ1v) is 7.55. The van der Waals surface area contributed by atoms with Gasteiger partial charge in [-0.25, -0.2) is 9.97 Å².